The fraction of sp³-hybridized carbons (Fsp3) is 0.478. The van der Waals surface area contributed by atoms with Gasteiger partial charge >= 0.3 is 6.03 Å². The Bertz CT molecular complexity index is 904. The second-order valence-electron chi connectivity index (χ2n) is 8.02. The quantitative estimate of drug-likeness (QED) is 0.765. The number of nitrogens with zero attached hydrogens (tertiary/aromatic N) is 3. The molecular weight excluding hydrogens is 412 g/mol. The lowest BCUT2D eigenvalue weighted by molar-refractivity contribution is -0.0283. The predicted molar refractivity (Wildman–Crippen MR) is 119 cm³/mol. The highest BCUT2D eigenvalue weighted by molar-refractivity contribution is 5.91. The fourth-order valence-electron chi connectivity index (χ4n) is 4.12. The van der Waals surface area contributed by atoms with Crippen molar-refractivity contribution >= 4 is 17.6 Å². The second-order valence-corrected chi connectivity index (χ2v) is 8.02. The summed E-state index contributed by atoms with van der Waals surface area (Å²) in [5.41, 5.74) is 0.700. The van der Waals surface area contributed by atoms with Crippen molar-refractivity contribution in [1.29, 1.82) is 0 Å². The Morgan fingerprint density at radius 3 is 2.81 bits per heavy atom. The average molecular weight is 443 g/mol. The molecule has 2 saturated heterocycles. The van der Waals surface area contributed by atoms with Gasteiger partial charge in [-0.25, -0.2) is 4.79 Å². The first-order chi connectivity index (χ1) is 15.6. The molecular formula is C23H30N4O5. The van der Waals surface area contributed by atoms with E-state index >= 15 is 0 Å². The zero-order valence-electron chi connectivity index (χ0n) is 18.4. The van der Waals surface area contributed by atoms with Crippen molar-refractivity contribution in [3.63, 3.8) is 0 Å². The SMILES string of the molecule is COc1cccc(NC(=O)N2CCO[C@@H](CN3CCCN(C(=O)c4ccco4)CC3)C2)c1. The number of hydrogen-bond acceptors (Lipinski definition) is 6. The average Bonchev–Trinajstić information content (AvgIpc) is 3.26. The van der Waals surface area contributed by atoms with E-state index < -0.39 is 0 Å². The minimum Gasteiger partial charge on any atom is -0.497 e. The maximum Gasteiger partial charge on any atom is 0.322 e. The molecule has 1 N–H and O–H groups in total. The highest BCUT2D eigenvalue weighted by Crippen LogP contribution is 2.18. The predicted octanol–water partition coefficient (Wildman–Crippen LogP) is 2.37. The third-order valence-electron chi connectivity index (χ3n) is 5.82. The van der Waals surface area contributed by atoms with Gasteiger partial charge in [-0.05, 0) is 37.2 Å². The molecule has 9 nitrogen and oxygen atoms in total. The number of furan rings is 1. The van der Waals surface area contributed by atoms with Crippen molar-refractivity contribution < 1.29 is 23.5 Å². The molecule has 2 aromatic rings. The molecule has 172 valence electrons. The molecule has 1 aromatic heterocycles. The highest BCUT2D eigenvalue weighted by Gasteiger charge is 2.28. The number of carbonyl (C=O) groups is 2. The van der Waals surface area contributed by atoms with E-state index in [1.54, 1.807) is 30.2 Å². The van der Waals surface area contributed by atoms with Crippen molar-refractivity contribution in [1.82, 2.24) is 14.7 Å². The fourth-order valence-corrected chi connectivity index (χ4v) is 4.12. The Labute approximate surface area is 187 Å². The van der Waals surface area contributed by atoms with E-state index in [0.717, 1.165) is 26.1 Å². The molecule has 1 atom stereocenters. The zero-order chi connectivity index (χ0) is 22.3. The van der Waals surface area contributed by atoms with Crippen LogP contribution in [0.4, 0.5) is 10.5 Å². The molecule has 2 aliphatic heterocycles. The van der Waals surface area contributed by atoms with Crippen LogP contribution in [0, 0.1) is 0 Å². The van der Waals surface area contributed by atoms with Gasteiger partial charge in [0, 0.05) is 51.0 Å². The molecule has 0 aliphatic carbocycles. The number of ether oxygens (including phenoxy) is 2. The molecule has 0 unspecified atom stereocenters. The van der Waals surface area contributed by atoms with Crippen molar-refractivity contribution in [2.75, 3.05) is 64.8 Å². The normalized spacial score (nSPS) is 20.0. The summed E-state index contributed by atoms with van der Waals surface area (Å²) in [4.78, 5) is 31.2. The van der Waals surface area contributed by atoms with E-state index in [2.05, 4.69) is 10.2 Å². The van der Waals surface area contributed by atoms with Gasteiger partial charge in [0.2, 0.25) is 0 Å². The number of amides is 3. The molecule has 3 amide bonds. The number of anilines is 1. The van der Waals surface area contributed by atoms with Crippen molar-refractivity contribution in [3.8, 4) is 5.75 Å². The van der Waals surface area contributed by atoms with Crippen LogP contribution in [-0.4, -0.2) is 92.3 Å². The molecule has 2 fully saturated rings. The van der Waals surface area contributed by atoms with Gasteiger partial charge in [-0.1, -0.05) is 6.07 Å². The summed E-state index contributed by atoms with van der Waals surface area (Å²) in [6.45, 7) is 5.32. The van der Waals surface area contributed by atoms with Gasteiger partial charge in [0.1, 0.15) is 5.75 Å². The molecule has 0 saturated carbocycles. The van der Waals surface area contributed by atoms with Gasteiger partial charge in [-0.3, -0.25) is 9.69 Å². The molecule has 9 heteroatoms. The van der Waals surface area contributed by atoms with Crippen LogP contribution in [0.25, 0.3) is 0 Å². The summed E-state index contributed by atoms with van der Waals surface area (Å²) in [6.07, 6.45) is 2.35. The topological polar surface area (TPSA) is 87.5 Å². The number of nitrogens with one attached hydrogen (secondary N) is 1. The second kappa shape index (κ2) is 10.5. The van der Waals surface area contributed by atoms with Crippen LogP contribution in [0.15, 0.2) is 47.1 Å². The molecule has 32 heavy (non-hydrogen) atoms. The first-order valence-electron chi connectivity index (χ1n) is 11.0. The van der Waals surface area contributed by atoms with Crippen LogP contribution in [-0.2, 0) is 4.74 Å². The minimum absolute atomic E-state index is 0.0628. The number of benzene rings is 1. The van der Waals surface area contributed by atoms with E-state index in [4.69, 9.17) is 13.9 Å². The van der Waals surface area contributed by atoms with Gasteiger partial charge in [0.25, 0.3) is 5.91 Å². The van der Waals surface area contributed by atoms with Crippen LogP contribution in [0.2, 0.25) is 0 Å². The van der Waals surface area contributed by atoms with E-state index in [1.807, 2.05) is 23.1 Å². The maximum atomic E-state index is 12.7. The number of morpholine rings is 1. The Kier molecular flexibility index (Phi) is 7.28. The van der Waals surface area contributed by atoms with E-state index in [0.29, 0.717) is 50.0 Å². The molecule has 3 heterocycles. The van der Waals surface area contributed by atoms with Gasteiger partial charge in [-0.15, -0.1) is 0 Å². The number of hydrogen-bond donors (Lipinski definition) is 1. The smallest absolute Gasteiger partial charge is 0.322 e. The van der Waals surface area contributed by atoms with Gasteiger partial charge in [-0.2, -0.15) is 0 Å². The Balaban J connectivity index is 1.27. The Hall–Kier alpha value is -3.04. The van der Waals surface area contributed by atoms with Gasteiger partial charge < -0.3 is 29.0 Å². The molecule has 2 aliphatic rings. The summed E-state index contributed by atoms with van der Waals surface area (Å²) in [7, 11) is 1.60. The van der Waals surface area contributed by atoms with Crippen LogP contribution in [0.1, 0.15) is 17.0 Å². The summed E-state index contributed by atoms with van der Waals surface area (Å²) in [5, 5.41) is 2.94. The summed E-state index contributed by atoms with van der Waals surface area (Å²) >= 11 is 0. The standard InChI is InChI=1S/C23H30N4O5/c1-30-19-6-2-5-18(15-19)24-23(29)27-12-14-31-20(17-27)16-25-8-4-9-26(11-10-25)22(28)21-7-3-13-32-21/h2-3,5-7,13,15,20H,4,8-12,14,16-17H2,1H3,(H,24,29)/t20-/m0/s1. The number of urea groups is 1. The third-order valence-corrected chi connectivity index (χ3v) is 5.82. The third kappa shape index (κ3) is 5.60. The Morgan fingerprint density at radius 2 is 2.00 bits per heavy atom. The highest BCUT2D eigenvalue weighted by atomic mass is 16.5. The van der Waals surface area contributed by atoms with Gasteiger partial charge in [0.15, 0.2) is 5.76 Å². The first-order valence-corrected chi connectivity index (χ1v) is 11.0. The Morgan fingerprint density at radius 1 is 1.09 bits per heavy atom. The van der Waals surface area contributed by atoms with Crippen LogP contribution >= 0.6 is 0 Å². The lowest BCUT2D eigenvalue weighted by Crippen LogP contribution is -2.51. The lowest BCUT2D eigenvalue weighted by atomic mass is 10.2. The van der Waals surface area contributed by atoms with Gasteiger partial charge in [0.05, 0.1) is 26.1 Å². The van der Waals surface area contributed by atoms with E-state index in [9.17, 15) is 9.59 Å². The number of methoxy groups -OCH3 is 1. The van der Waals surface area contributed by atoms with Crippen LogP contribution in [0.3, 0.4) is 0 Å². The molecule has 4 rings (SSSR count). The monoisotopic (exact) mass is 442 g/mol. The van der Waals surface area contributed by atoms with Crippen molar-refractivity contribution in [3.05, 3.63) is 48.4 Å². The van der Waals surface area contributed by atoms with Crippen LogP contribution in [0.5, 0.6) is 5.75 Å². The van der Waals surface area contributed by atoms with Crippen LogP contribution < -0.4 is 10.1 Å². The van der Waals surface area contributed by atoms with E-state index in [-0.39, 0.29) is 18.0 Å². The maximum absolute atomic E-state index is 12.7. The molecule has 0 radical (unpaired) electrons. The van der Waals surface area contributed by atoms with Crippen molar-refractivity contribution in [2.45, 2.75) is 12.5 Å². The van der Waals surface area contributed by atoms with Crippen molar-refractivity contribution in [2.24, 2.45) is 0 Å². The lowest BCUT2D eigenvalue weighted by Gasteiger charge is -2.35. The number of rotatable bonds is 5. The number of carbonyl (C=O) groups excluding carboxylic acids is 2. The molecule has 0 bridgehead atoms. The largest absolute Gasteiger partial charge is 0.497 e. The molecule has 0 spiro atoms. The first kappa shape index (κ1) is 22.2. The summed E-state index contributed by atoms with van der Waals surface area (Å²) in [6, 6.07) is 10.6. The summed E-state index contributed by atoms with van der Waals surface area (Å²) < 4.78 is 16.4. The minimum atomic E-state index is -0.141. The molecule has 1 aromatic carbocycles. The van der Waals surface area contributed by atoms with E-state index in [1.165, 1.54) is 6.26 Å². The summed E-state index contributed by atoms with van der Waals surface area (Å²) in [5.74, 6) is 1.02. The zero-order valence-corrected chi connectivity index (χ0v) is 18.4.